The molecule has 1 rings (SSSR count). The van der Waals surface area contributed by atoms with Gasteiger partial charge in [-0.1, -0.05) is 11.8 Å². The van der Waals surface area contributed by atoms with E-state index < -0.39 is 0 Å². The Morgan fingerprint density at radius 2 is 2.50 bits per heavy atom. The second-order valence-electron chi connectivity index (χ2n) is 1.90. The lowest BCUT2D eigenvalue weighted by atomic mass is 10.6. The largest absolute Gasteiger partial charge is 0.392 e. The highest BCUT2D eigenvalue weighted by atomic mass is 32.2. The fraction of sp³-hybridized carbons (Fsp3) is 0.500. The summed E-state index contributed by atoms with van der Waals surface area (Å²) in [6.07, 6.45) is 1.71. The second kappa shape index (κ2) is 1.56. The van der Waals surface area contributed by atoms with Crippen molar-refractivity contribution in [1.29, 1.82) is 0 Å². The third-order valence-corrected chi connectivity index (χ3v) is 1.73. The molecule has 0 aliphatic carbocycles. The molecule has 5 N–H and O–H groups in total. The Kier molecular flexibility index (Phi) is 1.13. The summed E-state index contributed by atoms with van der Waals surface area (Å²) in [5, 5.41) is 3.64. The van der Waals surface area contributed by atoms with Crippen molar-refractivity contribution >= 4 is 11.8 Å². The zero-order valence-corrected chi connectivity index (χ0v) is 5.46. The van der Waals surface area contributed by atoms with E-state index in [1.165, 1.54) is 11.8 Å². The van der Waals surface area contributed by atoms with Crippen LogP contribution in [0.3, 0.4) is 0 Å². The Morgan fingerprint density at radius 3 is 2.62 bits per heavy atom. The molecule has 0 aromatic heterocycles. The molecule has 0 saturated carbocycles. The first-order valence-corrected chi connectivity index (χ1v) is 3.13. The van der Waals surface area contributed by atoms with Gasteiger partial charge >= 0.3 is 0 Å². The van der Waals surface area contributed by atoms with Gasteiger partial charge in [0.25, 0.3) is 0 Å². The Morgan fingerprint density at radius 1 is 1.88 bits per heavy atom. The Hall–Kier alpha value is -0.350. The maximum absolute atomic E-state index is 5.59. The van der Waals surface area contributed by atoms with Gasteiger partial charge < -0.3 is 16.8 Å². The molecule has 4 heteroatoms. The van der Waals surface area contributed by atoms with Crippen molar-refractivity contribution in [2.45, 2.75) is 11.9 Å². The molecule has 1 aliphatic rings. The van der Waals surface area contributed by atoms with Gasteiger partial charge in [0.15, 0.2) is 0 Å². The molecule has 0 bridgehead atoms. The van der Waals surface area contributed by atoms with Crippen molar-refractivity contribution in [2.75, 3.05) is 0 Å². The number of hydrogen-bond donors (Lipinski definition) is 3. The summed E-state index contributed by atoms with van der Waals surface area (Å²) < 4.78 is 0. The maximum atomic E-state index is 5.59. The van der Waals surface area contributed by atoms with Gasteiger partial charge in [-0.15, -0.1) is 0 Å². The highest BCUT2D eigenvalue weighted by Gasteiger charge is 2.22. The van der Waals surface area contributed by atoms with Crippen LogP contribution >= 0.6 is 11.8 Å². The Bertz CT molecular complexity index is 129. The molecule has 1 unspecified atom stereocenters. The standard InChI is InChI=1S/C4H9N3S/c1-4(6)7-2-3(5)8-4/h2,7H,5-6H2,1H3. The zero-order valence-electron chi connectivity index (χ0n) is 4.64. The van der Waals surface area contributed by atoms with E-state index in [9.17, 15) is 0 Å². The van der Waals surface area contributed by atoms with Gasteiger partial charge in [-0.2, -0.15) is 0 Å². The molecule has 0 saturated heterocycles. The van der Waals surface area contributed by atoms with Gasteiger partial charge in [-0.05, 0) is 6.92 Å². The van der Waals surface area contributed by atoms with Crippen LogP contribution in [0.25, 0.3) is 0 Å². The van der Waals surface area contributed by atoms with Crippen LogP contribution in [0.1, 0.15) is 6.92 Å². The fourth-order valence-corrected chi connectivity index (χ4v) is 1.24. The lowest BCUT2D eigenvalue weighted by Gasteiger charge is -2.16. The first-order chi connectivity index (χ1) is 3.60. The SMILES string of the molecule is CC1(N)NC=C(N)S1. The summed E-state index contributed by atoms with van der Waals surface area (Å²) in [6, 6.07) is 0. The fourth-order valence-electron chi connectivity index (χ4n) is 0.518. The van der Waals surface area contributed by atoms with E-state index in [-0.39, 0.29) is 4.99 Å². The molecule has 3 nitrogen and oxygen atoms in total. The molecule has 1 aliphatic heterocycles. The van der Waals surface area contributed by atoms with E-state index in [0.717, 1.165) is 5.03 Å². The lowest BCUT2D eigenvalue weighted by molar-refractivity contribution is 0.620. The highest BCUT2D eigenvalue weighted by molar-refractivity contribution is 8.04. The van der Waals surface area contributed by atoms with E-state index in [2.05, 4.69) is 5.32 Å². The number of nitrogens with one attached hydrogen (secondary N) is 1. The minimum atomic E-state index is -0.385. The third-order valence-electron chi connectivity index (χ3n) is 0.831. The Labute approximate surface area is 52.5 Å². The van der Waals surface area contributed by atoms with Gasteiger partial charge in [-0.25, -0.2) is 0 Å². The van der Waals surface area contributed by atoms with Crippen LogP contribution < -0.4 is 16.8 Å². The number of nitrogens with two attached hydrogens (primary N) is 2. The quantitative estimate of drug-likeness (QED) is 0.423. The number of rotatable bonds is 0. The first kappa shape index (κ1) is 5.78. The van der Waals surface area contributed by atoms with Crippen LogP contribution in [0.4, 0.5) is 0 Å². The lowest BCUT2D eigenvalue weighted by Crippen LogP contribution is -2.41. The predicted molar refractivity (Wildman–Crippen MR) is 35.6 cm³/mol. The summed E-state index contributed by atoms with van der Waals surface area (Å²) in [6.45, 7) is 1.87. The molecule has 0 aromatic rings. The first-order valence-electron chi connectivity index (χ1n) is 2.31. The third kappa shape index (κ3) is 1.08. The zero-order chi connectivity index (χ0) is 6.20. The van der Waals surface area contributed by atoms with E-state index in [4.69, 9.17) is 11.5 Å². The van der Waals surface area contributed by atoms with Crippen molar-refractivity contribution in [1.82, 2.24) is 5.32 Å². The molecular formula is C4H9N3S. The van der Waals surface area contributed by atoms with E-state index in [1.807, 2.05) is 6.92 Å². The summed E-state index contributed by atoms with van der Waals surface area (Å²) in [7, 11) is 0. The van der Waals surface area contributed by atoms with Crippen molar-refractivity contribution in [3.8, 4) is 0 Å². The van der Waals surface area contributed by atoms with Gasteiger partial charge in [0.2, 0.25) is 0 Å². The minimum Gasteiger partial charge on any atom is -0.392 e. The van der Waals surface area contributed by atoms with Crippen molar-refractivity contribution in [2.24, 2.45) is 11.5 Å². The second-order valence-corrected chi connectivity index (χ2v) is 3.42. The van der Waals surface area contributed by atoms with Crippen LogP contribution in [0, 0.1) is 0 Å². The van der Waals surface area contributed by atoms with Crippen LogP contribution in [0.15, 0.2) is 11.2 Å². The van der Waals surface area contributed by atoms with Gasteiger partial charge in [-0.3, -0.25) is 0 Å². The van der Waals surface area contributed by atoms with E-state index in [1.54, 1.807) is 6.20 Å². The molecule has 0 aromatic carbocycles. The molecule has 1 atom stereocenters. The predicted octanol–water partition coefficient (Wildman–Crippen LogP) is -0.287. The van der Waals surface area contributed by atoms with Crippen molar-refractivity contribution < 1.29 is 0 Å². The molecule has 8 heavy (non-hydrogen) atoms. The van der Waals surface area contributed by atoms with Crippen LogP contribution in [-0.4, -0.2) is 4.99 Å². The van der Waals surface area contributed by atoms with E-state index in [0.29, 0.717) is 0 Å². The van der Waals surface area contributed by atoms with Crippen molar-refractivity contribution in [3.05, 3.63) is 11.2 Å². The van der Waals surface area contributed by atoms with Gasteiger partial charge in [0, 0.05) is 6.20 Å². The van der Waals surface area contributed by atoms with Crippen LogP contribution in [-0.2, 0) is 0 Å². The monoisotopic (exact) mass is 131 g/mol. The van der Waals surface area contributed by atoms with Crippen molar-refractivity contribution in [3.63, 3.8) is 0 Å². The molecule has 0 fully saturated rings. The average Bonchev–Trinajstić information content (AvgIpc) is 1.82. The van der Waals surface area contributed by atoms with Gasteiger partial charge in [0.05, 0.1) is 5.03 Å². The molecule has 0 radical (unpaired) electrons. The normalized spacial score (nSPS) is 36.5. The van der Waals surface area contributed by atoms with Gasteiger partial charge in [0.1, 0.15) is 4.99 Å². The molecule has 0 amide bonds. The number of hydrogen-bond acceptors (Lipinski definition) is 4. The summed E-state index contributed by atoms with van der Waals surface area (Å²) >= 11 is 1.43. The maximum Gasteiger partial charge on any atom is 0.137 e. The molecular weight excluding hydrogens is 122 g/mol. The number of thioether (sulfide) groups is 1. The van der Waals surface area contributed by atoms with E-state index >= 15 is 0 Å². The average molecular weight is 131 g/mol. The minimum absolute atomic E-state index is 0.385. The summed E-state index contributed by atoms with van der Waals surface area (Å²) in [5.41, 5.74) is 11.0. The molecule has 1 heterocycles. The highest BCUT2D eigenvalue weighted by Crippen LogP contribution is 2.26. The van der Waals surface area contributed by atoms with Crippen LogP contribution in [0.2, 0.25) is 0 Å². The summed E-state index contributed by atoms with van der Waals surface area (Å²) in [4.78, 5) is -0.385. The molecule has 46 valence electrons. The Balaban J connectivity index is 2.55. The smallest absolute Gasteiger partial charge is 0.137 e. The topological polar surface area (TPSA) is 64.1 Å². The molecule has 0 spiro atoms. The summed E-state index contributed by atoms with van der Waals surface area (Å²) in [5.74, 6) is 0. The van der Waals surface area contributed by atoms with Crippen LogP contribution in [0.5, 0.6) is 0 Å².